The van der Waals surface area contributed by atoms with Crippen LogP contribution in [0.4, 0.5) is 10.1 Å². The first-order valence-corrected chi connectivity index (χ1v) is 12.0. The van der Waals surface area contributed by atoms with Crippen molar-refractivity contribution in [2.45, 2.75) is 6.04 Å². The van der Waals surface area contributed by atoms with Crippen molar-refractivity contribution < 1.29 is 28.6 Å². The summed E-state index contributed by atoms with van der Waals surface area (Å²) < 4.78 is 25.4. The molecule has 5 rings (SSSR count). The predicted octanol–water partition coefficient (Wildman–Crippen LogP) is 6.91. The third kappa shape index (κ3) is 4.71. The molecule has 6 nitrogen and oxygen atoms in total. The van der Waals surface area contributed by atoms with E-state index in [9.17, 15) is 19.1 Å². The van der Waals surface area contributed by atoms with Crippen LogP contribution in [0.15, 0.2) is 103 Å². The SMILES string of the molecule is COc1ccc(Cl)c(/C(O)=C2\C(=O)C(=O)N(c3cccc(F)c3)C2c2cccc(Oc3ccccc3)c2)c1. The number of amides is 1. The maximum absolute atomic E-state index is 14.2. The topological polar surface area (TPSA) is 76.1 Å². The summed E-state index contributed by atoms with van der Waals surface area (Å²) in [6.07, 6.45) is 0. The smallest absolute Gasteiger partial charge is 0.300 e. The van der Waals surface area contributed by atoms with Crippen molar-refractivity contribution in [2.75, 3.05) is 12.0 Å². The number of anilines is 1. The van der Waals surface area contributed by atoms with Gasteiger partial charge >= 0.3 is 0 Å². The van der Waals surface area contributed by atoms with Crippen LogP contribution in [0.5, 0.6) is 17.2 Å². The van der Waals surface area contributed by atoms with Gasteiger partial charge in [-0.15, -0.1) is 0 Å². The number of Topliss-reactive ketones (excluding diaryl/α,β-unsaturated/α-hetero) is 1. The van der Waals surface area contributed by atoms with Gasteiger partial charge in [0.15, 0.2) is 0 Å². The van der Waals surface area contributed by atoms with E-state index in [0.717, 1.165) is 11.0 Å². The normalized spacial score (nSPS) is 16.5. The fourth-order valence-corrected chi connectivity index (χ4v) is 4.58. The van der Waals surface area contributed by atoms with Crippen LogP contribution in [0.3, 0.4) is 0 Å². The molecule has 8 heteroatoms. The molecule has 0 aliphatic carbocycles. The number of benzene rings is 4. The molecule has 1 saturated heterocycles. The van der Waals surface area contributed by atoms with Gasteiger partial charge in [-0.3, -0.25) is 14.5 Å². The van der Waals surface area contributed by atoms with E-state index in [1.54, 1.807) is 42.5 Å². The first kappa shape index (κ1) is 25.0. The highest BCUT2D eigenvalue weighted by molar-refractivity contribution is 6.52. The number of aliphatic hydroxyl groups excluding tert-OH is 1. The second-order valence-corrected chi connectivity index (χ2v) is 8.89. The van der Waals surface area contributed by atoms with Crippen molar-refractivity contribution in [3.05, 3.63) is 125 Å². The van der Waals surface area contributed by atoms with Crippen molar-refractivity contribution in [1.29, 1.82) is 0 Å². The molecule has 4 aromatic rings. The predicted molar refractivity (Wildman–Crippen MR) is 142 cm³/mol. The van der Waals surface area contributed by atoms with Crippen LogP contribution in [0.25, 0.3) is 5.76 Å². The van der Waals surface area contributed by atoms with E-state index >= 15 is 0 Å². The Morgan fingerprint density at radius 2 is 1.61 bits per heavy atom. The molecule has 1 unspecified atom stereocenters. The van der Waals surface area contributed by atoms with Gasteiger partial charge in [-0.1, -0.05) is 48.0 Å². The van der Waals surface area contributed by atoms with Crippen LogP contribution in [0, 0.1) is 5.82 Å². The number of rotatable bonds is 6. The van der Waals surface area contributed by atoms with Crippen LogP contribution < -0.4 is 14.4 Å². The molecule has 0 bridgehead atoms. The fraction of sp³-hybridized carbons (Fsp3) is 0.0667. The molecule has 190 valence electrons. The Morgan fingerprint density at radius 3 is 2.34 bits per heavy atom. The van der Waals surface area contributed by atoms with Crippen molar-refractivity contribution >= 4 is 34.7 Å². The van der Waals surface area contributed by atoms with Crippen LogP contribution >= 0.6 is 11.6 Å². The number of ketones is 1. The molecule has 0 saturated carbocycles. The molecule has 0 radical (unpaired) electrons. The van der Waals surface area contributed by atoms with Gasteiger partial charge in [0.1, 0.15) is 28.8 Å². The fourth-order valence-electron chi connectivity index (χ4n) is 4.37. The average Bonchev–Trinajstić information content (AvgIpc) is 3.19. The molecule has 1 aliphatic heterocycles. The lowest BCUT2D eigenvalue weighted by Crippen LogP contribution is -2.29. The van der Waals surface area contributed by atoms with Crippen molar-refractivity contribution in [2.24, 2.45) is 0 Å². The Kier molecular flexibility index (Phi) is 6.85. The highest BCUT2D eigenvalue weighted by Crippen LogP contribution is 2.44. The molecule has 1 fully saturated rings. The lowest BCUT2D eigenvalue weighted by molar-refractivity contribution is -0.132. The van der Waals surface area contributed by atoms with E-state index in [1.165, 1.54) is 37.4 Å². The molecule has 1 amide bonds. The minimum Gasteiger partial charge on any atom is -0.507 e. The van der Waals surface area contributed by atoms with Crippen LogP contribution in [0.2, 0.25) is 5.02 Å². The number of para-hydroxylation sites is 1. The minimum atomic E-state index is -1.10. The molecular weight excluding hydrogens is 509 g/mol. The number of ether oxygens (including phenoxy) is 2. The van der Waals surface area contributed by atoms with Gasteiger partial charge in [-0.2, -0.15) is 0 Å². The first-order valence-electron chi connectivity index (χ1n) is 11.6. The third-order valence-electron chi connectivity index (χ3n) is 6.11. The number of carbonyl (C=O) groups excluding carboxylic acids is 2. The minimum absolute atomic E-state index is 0.116. The summed E-state index contributed by atoms with van der Waals surface area (Å²) in [5, 5.41) is 11.6. The number of aliphatic hydroxyl groups is 1. The van der Waals surface area contributed by atoms with Gasteiger partial charge in [0.2, 0.25) is 0 Å². The first-order chi connectivity index (χ1) is 18.4. The number of hydrogen-bond donors (Lipinski definition) is 1. The Morgan fingerprint density at radius 1 is 0.868 bits per heavy atom. The third-order valence-corrected chi connectivity index (χ3v) is 6.44. The number of halogens is 2. The molecule has 4 aromatic carbocycles. The van der Waals surface area contributed by atoms with Gasteiger partial charge in [-0.05, 0) is 66.2 Å². The molecule has 0 aromatic heterocycles. The van der Waals surface area contributed by atoms with E-state index in [-0.39, 0.29) is 21.8 Å². The van der Waals surface area contributed by atoms with Gasteiger partial charge in [0, 0.05) is 11.3 Å². The lowest BCUT2D eigenvalue weighted by atomic mass is 9.94. The van der Waals surface area contributed by atoms with Crippen LogP contribution in [-0.2, 0) is 9.59 Å². The van der Waals surface area contributed by atoms with E-state index in [4.69, 9.17) is 21.1 Å². The zero-order valence-corrected chi connectivity index (χ0v) is 20.9. The van der Waals surface area contributed by atoms with Crippen LogP contribution in [0.1, 0.15) is 17.2 Å². The van der Waals surface area contributed by atoms with Gasteiger partial charge in [0.05, 0.1) is 23.7 Å². The summed E-state index contributed by atoms with van der Waals surface area (Å²) >= 11 is 6.36. The molecule has 0 spiro atoms. The highest BCUT2D eigenvalue weighted by atomic mass is 35.5. The highest BCUT2D eigenvalue weighted by Gasteiger charge is 2.47. The summed E-state index contributed by atoms with van der Waals surface area (Å²) in [5.41, 5.74) is 0.529. The molecule has 1 atom stereocenters. The number of hydrogen-bond acceptors (Lipinski definition) is 5. The van der Waals surface area contributed by atoms with E-state index in [2.05, 4.69) is 0 Å². The molecule has 1 heterocycles. The summed E-state index contributed by atoms with van der Waals surface area (Å²) in [6.45, 7) is 0. The van der Waals surface area contributed by atoms with E-state index in [1.807, 2.05) is 18.2 Å². The Labute approximate surface area is 223 Å². The second-order valence-electron chi connectivity index (χ2n) is 8.48. The number of carbonyl (C=O) groups is 2. The molecular formula is C30H21ClFNO5. The quantitative estimate of drug-likeness (QED) is 0.167. The monoisotopic (exact) mass is 529 g/mol. The molecule has 1 aliphatic rings. The summed E-state index contributed by atoms with van der Waals surface area (Å²) in [5.74, 6) is -1.50. The van der Waals surface area contributed by atoms with Crippen LogP contribution in [-0.4, -0.2) is 23.9 Å². The Bertz CT molecular complexity index is 1570. The van der Waals surface area contributed by atoms with Crippen molar-refractivity contribution in [3.63, 3.8) is 0 Å². The Balaban J connectivity index is 1.70. The maximum atomic E-state index is 14.2. The van der Waals surface area contributed by atoms with Gasteiger partial charge in [0.25, 0.3) is 11.7 Å². The molecule has 1 N–H and O–H groups in total. The zero-order chi connectivity index (χ0) is 26.8. The lowest BCUT2D eigenvalue weighted by Gasteiger charge is -2.26. The zero-order valence-electron chi connectivity index (χ0n) is 20.1. The summed E-state index contributed by atoms with van der Waals surface area (Å²) in [4.78, 5) is 27.9. The number of nitrogens with zero attached hydrogens (tertiary/aromatic N) is 1. The standard InChI is InChI=1S/C30H21ClFNO5/c1-37-22-13-14-25(31)24(17-22)28(34)26-27(33(30(36)29(26)35)20-9-6-8-19(32)16-20)18-7-5-12-23(15-18)38-21-10-3-2-4-11-21/h2-17,27,34H,1H3/b28-26+. The van der Waals surface area contributed by atoms with Crippen molar-refractivity contribution in [1.82, 2.24) is 0 Å². The molecule has 38 heavy (non-hydrogen) atoms. The van der Waals surface area contributed by atoms with E-state index < -0.39 is 29.3 Å². The Hall–Kier alpha value is -4.62. The van der Waals surface area contributed by atoms with Gasteiger partial charge < -0.3 is 14.6 Å². The largest absolute Gasteiger partial charge is 0.507 e. The van der Waals surface area contributed by atoms with E-state index in [0.29, 0.717) is 22.8 Å². The van der Waals surface area contributed by atoms with Gasteiger partial charge in [-0.25, -0.2) is 4.39 Å². The average molecular weight is 530 g/mol. The van der Waals surface area contributed by atoms with Crippen molar-refractivity contribution in [3.8, 4) is 17.2 Å². The summed E-state index contributed by atoms with van der Waals surface area (Å²) in [7, 11) is 1.45. The number of methoxy groups -OCH3 is 1. The second kappa shape index (κ2) is 10.4. The maximum Gasteiger partial charge on any atom is 0.300 e. The summed E-state index contributed by atoms with van der Waals surface area (Å²) in [6, 6.07) is 24.7.